The Labute approximate surface area is 131 Å². The lowest BCUT2D eigenvalue weighted by molar-refractivity contribution is 0.0676. The Morgan fingerprint density at radius 1 is 1.23 bits per heavy atom. The highest BCUT2D eigenvalue weighted by Crippen LogP contribution is 2.23. The molecule has 0 atom stereocenters. The molecule has 0 unspecified atom stereocenters. The number of piperazine rings is 1. The predicted molar refractivity (Wildman–Crippen MR) is 87.0 cm³/mol. The molecule has 120 valence electrons. The predicted octanol–water partition coefficient (Wildman–Crippen LogP) is 0.395. The summed E-state index contributed by atoms with van der Waals surface area (Å²) in [5, 5.41) is 0. The maximum atomic E-state index is 11.1. The molecule has 3 rings (SSSR count). The SMILES string of the molecule is CC(C)N1CCN(C2CN(c3ccc(C(N)=O)cn3)C2)CC1. The van der Waals surface area contributed by atoms with Gasteiger partial charge in [-0.05, 0) is 26.0 Å². The zero-order valence-corrected chi connectivity index (χ0v) is 13.4. The summed E-state index contributed by atoms with van der Waals surface area (Å²) in [4.78, 5) is 22.8. The zero-order valence-electron chi connectivity index (χ0n) is 13.4. The summed E-state index contributed by atoms with van der Waals surface area (Å²) in [6, 6.07) is 4.91. The molecule has 6 nitrogen and oxygen atoms in total. The highest BCUT2D eigenvalue weighted by Gasteiger charge is 2.34. The lowest BCUT2D eigenvalue weighted by Gasteiger charge is -2.49. The van der Waals surface area contributed by atoms with Crippen LogP contribution in [0.4, 0.5) is 5.82 Å². The molecule has 1 amide bonds. The molecule has 0 radical (unpaired) electrons. The van der Waals surface area contributed by atoms with Crippen molar-refractivity contribution < 1.29 is 4.79 Å². The molecular formula is C16H25N5O. The Morgan fingerprint density at radius 2 is 1.91 bits per heavy atom. The summed E-state index contributed by atoms with van der Waals surface area (Å²) in [6.07, 6.45) is 1.56. The van der Waals surface area contributed by atoms with E-state index >= 15 is 0 Å². The first-order valence-electron chi connectivity index (χ1n) is 8.03. The van der Waals surface area contributed by atoms with Crippen molar-refractivity contribution in [3.8, 4) is 0 Å². The summed E-state index contributed by atoms with van der Waals surface area (Å²) < 4.78 is 0. The molecule has 0 spiro atoms. The number of carbonyl (C=O) groups is 1. The average Bonchev–Trinajstić information content (AvgIpc) is 2.47. The van der Waals surface area contributed by atoms with Crippen LogP contribution < -0.4 is 10.6 Å². The van der Waals surface area contributed by atoms with Crippen molar-refractivity contribution in [2.45, 2.75) is 25.9 Å². The van der Waals surface area contributed by atoms with Crippen molar-refractivity contribution in [1.82, 2.24) is 14.8 Å². The third-order valence-electron chi connectivity index (χ3n) is 4.81. The number of primary amides is 1. The van der Waals surface area contributed by atoms with E-state index in [0.717, 1.165) is 32.0 Å². The number of rotatable bonds is 4. The van der Waals surface area contributed by atoms with Crippen LogP contribution in [0.25, 0.3) is 0 Å². The van der Waals surface area contributed by atoms with Gasteiger partial charge >= 0.3 is 0 Å². The summed E-state index contributed by atoms with van der Waals surface area (Å²) in [5.41, 5.74) is 5.70. The number of aromatic nitrogens is 1. The second kappa shape index (κ2) is 6.22. The normalized spacial score (nSPS) is 21.1. The number of nitrogens with two attached hydrogens (primary N) is 1. The first kappa shape index (κ1) is 15.2. The van der Waals surface area contributed by atoms with Crippen LogP contribution in [0.3, 0.4) is 0 Å². The summed E-state index contributed by atoms with van der Waals surface area (Å²) >= 11 is 0. The second-order valence-electron chi connectivity index (χ2n) is 6.49. The van der Waals surface area contributed by atoms with E-state index in [4.69, 9.17) is 5.73 Å². The molecule has 22 heavy (non-hydrogen) atoms. The van der Waals surface area contributed by atoms with Gasteiger partial charge in [0, 0.05) is 57.5 Å². The van der Waals surface area contributed by atoms with Crippen molar-refractivity contribution in [2.24, 2.45) is 5.73 Å². The van der Waals surface area contributed by atoms with Gasteiger partial charge in [-0.25, -0.2) is 4.98 Å². The van der Waals surface area contributed by atoms with Crippen LogP contribution in [0.1, 0.15) is 24.2 Å². The minimum absolute atomic E-state index is 0.427. The molecule has 3 heterocycles. The molecular weight excluding hydrogens is 278 g/mol. The average molecular weight is 303 g/mol. The smallest absolute Gasteiger partial charge is 0.250 e. The molecule has 1 aromatic rings. The highest BCUT2D eigenvalue weighted by atomic mass is 16.1. The number of pyridine rings is 1. The van der Waals surface area contributed by atoms with Crippen LogP contribution in [0.15, 0.2) is 18.3 Å². The molecule has 0 aliphatic carbocycles. The number of hydrogen-bond donors (Lipinski definition) is 1. The Balaban J connectivity index is 1.49. The third-order valence-corrected chi connectivity index (χ3v) is 4.81. The first-order valence-corrected chi connectivity index (χ1v) is 8.03. The summed E-state index contributed by atoms with van der Waals surface area (Å²) in [6.45, 7) is 11.2. The molecule has 0 saturated carbocycles. The summed E-state index contributed by atoms with van der Waals surface area (Å²) in [7, 11) is 0. The molecule has 6 heteroatoms. The van der Waals surface area contributed by atoms with E-state index in [-0.39, 0.29) is 0 Å². The maximum absolute atomic E-state index is 11.1. The Morgan fingerprint density at radius 3 is 2.41 bits per heavy atom. The van der Waals surface area contributed by atoms with Gasteiger partial charge in [-0.1, -0.05) is 0 Å². The fourth-order valence-electron chi connectivity index (χ4n) is 3.21. The minimum atomic E-state index is -0.427. The van der Waals surface area contributed by atoms with Gasteiger partial charge in [0.1, 0.15) is 5.82 Å². The van der Waals surface area contributed by atoms with Gasteiger partial charge in [0.05, 0.1) is 5.56 Å². The fraction of sp³-hybridized carbons (Fsp3) is 0.625. The number of anilines is 1. The van der Waals surface area contributed by atoms with Crippen LogP contribution in [0.2, 0.25) is 0 Å². The number of hydrogen-bond acceptors (Lipinski definition) is 5. The van der Waals surface area contributed by atoms with Crippen LogP contribution in [-0.2, 0) is 0 Å². The minimum Gasteiger partial charge on any atom is -0.366 e. The quantitative estimate of drug-likeness (QED) is 0.872. The van der Waals surface area contributed by atoms with Gasteiger partial charge < -0.3 is 10.6 Å². The fourth-order valence-corrected chi connectivity index (χ4v) is 3.21. The van der Waals surface area contributed by atoms with Crippen molar-refractivity contribution in [3.63, 3.8) is 0 Å². The Bertz CT molecular complexity index is 516. The Kier molecular flexibility index (Phi) is 4.31. The second-order valence-corrected chi connectivity index (χ2v) is 6.49. The van der Waals surface area contributed by atoms with Gasteiger partial charge in [0.25, 0.3) is 0 Å². The molecule has 2 aliphatic heterocycles. The largest absolute Gasteiger partial charge is 0.366 e. The third kappa shape index (κ3) is 3.08. The molecule has 1 aromatic heterocycles. The van der Waals surface area contributed by atoms with Gasteiger partial charge in [0.15, 0.2) is 0 Å². The lowest BCUT2D eigenvalue weighted by Crippen LogP contribution is -2.63. The molecule has 2 N–H and O–H groups in total. The topological polar surface area (TPSA) is 65.7 Å². The van der Waals surface area contributed by atoms with Gasteiger partial charge in [-0.3, -0.25) is 14.6 Å². The van der Waals surface area contributed by atoms with E-state index in [9.17, 15) is 4.79 Å². The molecule has 2 saturated heterocycles. The van der Waals surface area contributed by atoms with Gasteiger partial charge in [0.2, 0.25) is 5.91 Å². The van der Waals surface area contributed by atoms with E-state index in [2.05, 4.69) is 33.5 Å². The van der Waals surface area contributed by atoms with Gasteiger partial charge in [-0.2, -0.15) is 0 Å². The van der Waals surface area contributed by atoms with E-state index in [1.165, 1.54) is 13.1 Å². The van der Waals surface area contributed by atoms with Crippen molar-refractivity contribution >= 4 is 11.7 Å². The number of carbonyl (C=O) groups excluding carboxylic acids is 1. The van der Waals surface area contributed by atoms with Crippen LogP contribution in [0, 0.1) is 0 Å². The monoisotopic (exact) mass is 303 g/mol. The van der Waals surface area contributed by atoms with E-state index < -0.39 is 5.91 Å². The van der Waals surface area contributed by atoms with Crippen molar-refractivity contribution in [2.75, 3.05) is 44.2 Å². The number of nitrogens with zero attached hydrogens (tertiary/aromatic N) is 4. The summed E-state index contributed by atoms with van der Waals surface area (Å²) in [5.74, 6) is 0.505. The van der Waals surface area contributed by atoms with Crippen LogP contribution in [0.5, 0.6) is 0 Å². The maximum Gasteiger partial charge on any atom is 0.250 e. The zero-order chi connectivity index (χ0) is 15.7. The van der Waals surface area contributed by atoms with Crippen molar-refractivity contribution in [1.29, 1.82) is 0 Å². The lowest BCUT2D eigenvalue weighted by atomic mass is 10.1. The molecule has 2 fully saturated rings. The Hall–Kier alpha value is -1.66. The van der Waals surface area contributed by atoms with Crippen LogP contribution in [-0.4, -0.2) is 72.0 Å². The van der Waals surface area contributed by atoms with E-state index in [0.29, 0.717) is 17.6 Å². The standard InChI is InChI=1S/C16H25N5O/c1-12(2)19-5-7-20(8-6-19)14-10-21(11-14)15-4-3-13(9-18-15)16(17)22/h3-4,9,12,14H,5-8,10-11H2,1-2H3,(H2,17,22). The molecule has 0 aromatic carbocycles. The molecule has 2 aliphatic rings. The van der Waals surface area contributed by atoms with E-state index in [1.807, 2.05) is 6.07 Å². The van der Waals surface area contributed by atoms with E-state index in [1.54, 1.807) is 12.3 Å². The van der Waals surface area contributed by atoms with Crippen LogP contribution >= 0.6 is 0 Å². The highest BCUT2D eigenvalue weighted by molar-refractivity contribution is 5.92. The van der Waals surface area contributed by atoms with Crippen molar-refractivity contribution in [3.05, 3.63) is 23.9 Å². The number of amides is 1. The first-order chi connectivity index (χ1) is 10.5. The van der Waals surface area contributed by atoms with Gasteiger partial charge in [-0.15, -0.1) is 0 Å². The molecule has 0 bridgehead atoms.